The second-order valence-corrected chi connectivity index (χ2v) is 6.16. The summed E-state index contributed by atoms with van der Waals surface area (Å²) in [6, 6.07) is -0.811. The second kappa shape index (κ2) is 7.54. The Balaban J connectivity index is 2.91. The maximum absolute atomic E-state index is 12.7. The molecule has 0 unspecified atom stereocenters. The van der Waals surface area contributed by atoms with Crippen molar-refractivity contribution in [3.05, 3.63) is 0 Å². The highest BCUT2D eigenvalue weighted by molar-refractivity contribution is 5.92. The lowest BCUT2D eigenvalue weighted by Gasteiger charge is -2.35. The van der Waals surface area contributed by atoms with Gasteiger partial charge >= 0.3 is 0 Å². The minimum atomic E-state index is -0.811. The molecular formula is C15H27N3O3. The highest BCUT2D eigenvalue weighted by atomic mass is 16.2. The maximum Gasteiger partial charge on any atom is 0.241 e. The quantitative estimate of drug-likeness (QED) is 0.734. The van der Waals surface area contributed by atoms with E-state index in [-0.39, 0.29) is 36.0 Å². The summed E-state index contributed by atoms with van der Waals surface area (Å²) in [6.07, 6.45) is 3.32. The summed E-state index contributed by atoms with van der Waals surface area (Å²) in [5, 5.41) is 0. The van der Waals surface area contributed by atoms with Gasteiger partial charge in [-0.15, -0.1) is 0 Å². The molecule has 1 fully saturated rings. The Bertz CT molecular complexity index is 409. The SMILES string of the molecule is CC(C)C(=O)[C@@H]1CCCC[C@@H]1C(=O)N(C)[C@H](CN)C(N)=O. The van der Waals surface area contributed by atoms with Crippen LogP contribution in [0, 0.1) is 17.8 Å². The summed E-state index contributed by atoms with van der Waals surface area (Å²) < 4.78 is 0. The Kier molecular flexibility index (Phi) is 6.33. The number of likely N-dealkylation sites (N-methyl/N-ethyl adjacent to an activating group) is 1. The topological polar surface area (TPSA) is 106 Å². The van der Waals surface area contributed by atoms with Crippen molar-refractivity contribution in [2.45, 2.75) is 45.6 Å². The van der Waals surface area contributed by atoms with E-state index in [0.29, 0.717) is 6.42 Å². The fourth-order valence-electron chi connectivity index (χ4n) is 3.08. The number of nitrogens with zero attached hydrogens (tertiary/aromatic N) is 1. The molecule has 2 amide bonds. The highest BCUT2D eigenvalue weighted by Crippen LogP contribution is 2.33. The molecule has 1 rings (SSSR count). The van der Waals surface area contributed by atoms with E-state index in [0.717, 1.165) is 19.3 Å². The van der Waals surface area contributed by atoms with Gasteiger partial charge in [-0.05, 0) is 12.8 Å². The molecular weight excluding hydrogens is 270 g/mol. The number of Topliss-reactive ketones (excluding diaryl/α,β-unsaturated/α-hetero) is 1. The maximum atomic E-state index is 12.7. The standard InChI is InChI=1S/C15H27N3O3/c1-9(2)13(19)10-6-4-5-7-11(10)15(21)18(3)12(8-16)14(17)20/h9-12H,4-8,16H2,1-3H3,(H2,17,20)/t10-,11+,12-/m1/s1. The molecule has 21 heavy (non-hydrogen) atoms. The molecule has 1 aliphatic rings. The summed E-state index contributed by atoms with van der Waals surface area (Å²) in [6.45, 7) is 3.70. The van der Waals surface area contributed by atoms with Gasteiger partial charge in [0, 0.05) is 31.3 Å². The lowest BCUT2D eigenvalue weighted by molar-refractivity contribution is -0.146. The van der Waals surface area contributed by atoms with Crippen LogP contribution in [-0.4, -0.2) is 42.1 Å². The van der Waals surface area contributed by atoms with Crippen molar-refractivity contribution in [3.63, 3.8) is 0 Å². The largest absolute Gasteiger partial charge is 0.368 e. The monoisotopic (exact) mass is 297 g/mol. The Morgan fingerprint density at radius 3 is 2.10 bits per heavy atom. The zero-order valence-electron chi connectivity index (χ0n) is 13.2. The van der Waals surface area contributed by atoms with Crippen LogP contribution in [0.2, 0.25) is 0 Å². The predicted molar refractivity (Wildman–Crippen MR) is 80.1 cm³/mol. The van der Waals surface area contributed by atoms with E-state index in [1.807, 2.05) is 13.8 Å². The summed E-state index contributed by atoms with van der Waals surface area (Å²) in [7, 11) is 1.54. The Morgan fingerprint density at radius 1 is 1.14 bits per heavy atom. The Labute approximate surface area is 126 Å². The van der Waals surface area contributed by atoms with E-state index in [1.54, 1.807) is 0 Å². The van der Waals surface area contributed by atoms with Gasteiger partial charge in [-0.3, -0.25) is 14.4 Å². The third kappa shape index (κ3) is 4.03. The van der Waals surface area contributed by atoms with Crippen molar-refractivity contribution in [1.29, 1.82) is 0 Å². The van der Waals surface area contributed by atoms with Gasteiger partial charge in [-0.25, -0.2) is 0 Å². The second-order valence-electron chi connectivity index (χ2n) is 6.16. The first-order valence-electron chi connectivity index (χ1n) is 7.61. The molecule has 0 aromatic carbocycles. The molecule has 0 radical (unpaired) electrons. The zero-order valence-corrected chi connectivity index (χ0v) is 13.2. The first-order valence-corrected chi connectivity index (χ1v) is 7.61. The number of nitrogens with two attached hydrogens (primary N) is 2. The molecule has 4 N–H and O–H groups in total. The van der Waals surface area contributed by atoms with Crippen molar-refractivity contribution >= 4 is 17.6 Å². The molecule has 1 saturated carbocycles. The van der Waals surface area contributed by atoms with Gasteiger partial charge in [0.15, 0.2) is 0 Å². The number of amides is 2. The summed E-state index contributed by atoms with van der Waals surface area (Å²) >= 11 is 0. The van der Waals surface area contributed by atoms with Crippen molar-refractivity contribution in [1.82, 2.24) is 4.90 Å². The van der Waals surface area contributed by atoms with Gasteiger partial charge in [0.05, 0.1) is 0 Å². The number of hydrogen-bond acceptors (Lipinski definition) is 4. The van der Waals surface area contributed by atoms with Crippen LogP contribution in [0.1, 0.15) is 39.5 Å². The summed E-state index contributed by atoms with van der Waals surface area (Å²) in [5.74, 6) is -1.37. The Morgan fingerprint density at radius 2 is 1.67 bits per heavy atom. The number of hydrogen-bond donors (Lipinski definition) is 2. The molecule has 120 valence electrons. The van der Waals surface area contributed by atoms with Gasteiger partial charge < -0.3 is 16.4 Å². The minimum Gasteiger partial charge on any atom is -0.368 e. The molecule has 3 atom stereocenters. The van der Waals surface area contributed by atoms with Gasteiger partial charge in [0.1, 0.15) is 11.8 Å². The van der Waals surface area contributed by atoms with Crippen LogP contribution in [0.3, 0.4) is 0 Å². The molecule has 0 aliphatic heterocycles. The van der Waals surface area contributed by atoms with Crippen LogP contribution in [-0.2, 0) is 14.4 Å². The lowest BCUT2D eigenvalue weighted by atomic mass is 9.74. The third-order valence-electron chi connectivity index (χ3n) is 4.38. The zero-order chi connectivity index (χ0) is 16.2. The fraction of sp³-hybridized carbons (Fsp3) is 0.800. The van der Waals surface area contributed by atoms with Crippen molar-refractivity contribution < 1.29 is 14.4 Å². The number of ketones is 1. The molecule has 0 aromatic heterocycles. The van der Waals surface area contributed by atoms with E-state index in [2.05, 4.69) is 0 Å². The molecule has 0 bridgehead atoms. The molecule has 0 saturated heterocycles. The fourth-order valence-corrected chi connectivity index (χ4v) is 3.08. The smallest absolute Gasteiger partial charge is 0.241 e. The van der Waals surface area contributed by atoms with Crippen molar-refractivity contribution in [2.24, 2.45) is 29.2 Å². The first kappa shape index (κ1) is 17.6. The van der Waals surface area contributed by atoms with E-state index in [4.69, 9.17) is 11.5 Å². The number of carbonyl (C=O) groups is 3. The van der Waals surface area contributed by atoms with Crippen LogP contribution in [0.15, 0.2) is 0 Å². The number of carbonyl (C=O) groups excluding carboxylic acids is 3. The van der Waals surface area contributed by atoms with E-state index in [9.17, 15) is 14.4 Å². The molecule has 1 aliphatic carbocycles. The third-order valence-corrected chi connectivity index (χ3v) is 4.38. The molecule has 0 aromatic rings. The van der Waals surface area contributed by atoms with Gasteiger partial charge in [0.2, 0.25) is 11.8 Å². The lowest BCUT2D eigenvalue weighted by Crippen LogP contribution is -2.53. The number of rotatable bonds is 6. The average Bonchev–Trinajstić information content (AvgIpc) is 2.45. The average molecular weight is 297 g/mol. The van der Waals surface area contributed by atoms with Crippen LogP contribution in [0.5, 0.6) is 0 Å². The van der Waals surface area contributed by atoms with E-state index in [1.165, 1.54) is 11.9 Å². The normalized spacial score (nSPS) is 23.7. The van der Waals surface area contributed by atoms with E-state index >= 15 is 0 Å². The molecule has 6 heteroatoms. The van der Waals surface area contributed by atoms with Crippen LogP contribution in [0.25, 0.3) is 0 Å². The summed E-state index contributed by atoms with van der Waals surface area (Å²) in [4.78, 5) is 37.7. The van der Waals surface area contributed by atoms with Crippen molar-refractivity contribution in [2.75, 3.05) is 13.6 Å². The van der Waals surface area contributed by atoms with Gasteiger partial charge in [0.25, 0.3) is 0 Å². The minimum absolute atomic E-state index is 0.00686. The van der Waals surface area contributed by atoms with Gasteiger partial charge in [-0.1, -0.05) is 26.7 Å². The predicted octanol–water partition coefficient (Wildman–Crippen LogP) is 0.289. The number of primary amides is 1. The van der Waals surface area contributed by atoms with Crippen LogP contribution in [0.4, 0.5) is 0 Å². The Hall–Kier alpha value is -1.43. The molecule has 0 spiro atoms. The van der Waals surface area contributed by atoms with E-state index < -0.39 is 11.9 Å². The van der Waals surface area contributed by atoms with Crippen LogP contribution < -0.4 is 11.5 Å². The van der Waals surface area contributed by atoms with Gasteiger partial charge in [-0.2, -0.15) is 0 Å². The molecule has 6 nitrogen and oxygen atoms in total. The summed E-state index contributed by atoms with van der Waals surface area (Å²) in [5.41, 5.74) is 10.8. The van der Waals surface area contributed by atoms with Crippen LogP contribution >= 0.6 is 0 Å². The molecule has 0 heterocycles. The highest BCUT2D eigenvalue weighted by Gasteiger charge is 2.39. The first-order chi connectivity index (χ1) is 9.81. The van der Waals surface area contributed by atoms with Crippen molar-refractivity contribution in [3.8, 4) is 0 Å².